The maximum Gasteiger partial charge on any atom is 0.409 e. The standard InChI is InChI=1S/C42H44F4N8O5/c1-3-36(56)49-32-20-27(6-7-34(32)53-15-14-52(22-35(53)42(44,45)46)28-10-16-59-17-11-28)48-38-41(58)51(2)21-33(50-38)29-8-12-47-39(30(29)23-55)54-13-9-25-18-26(24-4-5-24)19-31(43)37(25)40(54)57/h3,6-8,12,18-21,24,28,35,55H,1,4-5,9-11,13-17,22-23H2,2H3,(H,48,50)(H,49,56). The van der Waals surface area contributed by atoms with Crippen molar-refractivity contribution in [3.8, 4) is 11.3 Å². The zero-order valence-corrected chi connectivity index (χ0v) is 32.4. The fourth-order valence-electron chi connectivity index (χ4n) is 8.41. The summed E-state index contributed by atoms with van der Waals surface area (Å²) in [4.78, 5) is 53.4. The minimum atomic E-state index is -4.58. The monoisotopic (exact) mass is 816 g/mol. The summed E-state index contributed by atoms with van der Waals surface area (Å²) in [6.07, 6.45) is 2.99. The van der Waals surface area contributed by atoms with Crippen LogP contribution in [-0.2, 0) is 29.6 Å². The van der Waals surface area contributed by atoms with Gasteiger partial charge in [0.05, 0.1) is 29.2 Å². The molecule has 1 atom stereocenters. The van der Waals surface area contributed by atoms with Crippen molar-refractivity contribution in [2.75, 3.05) is 59.8 Å². The topological polar surface area (TPSA) is 145 Å². The molecule has 3 N–H and O–H groups in total. The second-order valence-corrected chi connectivity index (χ2v) is 15.4. The molecule has 2 saturated heterocycles. The molecule has 1 unspecified atom stereocenters. The summed E-state index contributed by atoms with van der Waals surface area (Å²) < 4.78 is 66.2. The first-order valence-electron chi connectivity index (χ1n) is 19.6. The molecule has 0 radical (unpaired) electrons. The van der Waals surface area contributed by atoms with Crippen molar-refractivity contribution < 1.29 is 37.0 Å². The summed E-state index contributed by atoms with van der Waals surface area (Å²) >= 11 is 0. The first-order chi connectivity index (χ1) is 28.3. The second-order valence-electron chi connectivity index (χ2n) is 15.4. The molecule has 17 heteroatoms. The first kappa shape index (κ1) is 40.1. The lowest BCUT2D eigenvalue weighted by molar-refractivity contribution is -0.159. The number of fused-ring (bicyclic) bond motifs is 1. The molecule has 1 aliphatic carbocycles. The summed E-state index contributed by atoms with van der Waals surface area (Å²) in [5.41, 5.74) is 2.20. The lowest BCUT2D eigenvalue weighted by Gasteiger charge is -2.47. The molecule has 8 rings (SSSR count). The van der Waals surface area contributed by atoms with Gasteiger partial charge in [-0.2, -0.15) is 13.2 Å². The van der Waals surface area contributed by atoms with Gasteiger partial charge < -0.3 is 29.9 Å². The third-order valence-electron chi connectivity index (χ3n) is 11.6. The number of alkyl halides is 3. The highest BCUT2D eigenvalue weighted by molar-refractivity contribution is 6.08. The number of hydrogen-bond acceptors (Lipinski definition) is 10. The van der Waals surface area contributed by atoms with Gasteiger partial charge in [0, 0.05) is 81.7 Å². The van der Waals surface area contributed by atoms with Gasteiger partial charge in [-0.1, -0.05) is 12.6 Å². The highest BCUT2D eigenvalue weighted by atomic mass is 19.4. The Balaban J connectivity index is 1.10. The van der Waals surface area contributed by atoms with E-state index < -0.39 is 42.0 Å². The quantitative estimate of drug-likeness (QED) is 0.136. The predicted molar refractivity (Wildman–Crippen MR) is 214 cm³/mol. The molecule has 2 amide bonds. The van der Waals surface area contributed by atoms with E-state index in [1.165, 1.54) is 58.1 Å². The largest absolute Gasteiger partial charge is 0.409 e. The van der Waals surface area contributed by atoms with E-state index in [1.54, 1.807) is 6.07 Å². The van der Waals surface area contributed by atoms with Crippen LogP contribution < -0.4 is 26.0 Å². The molecule has 2 aromatic heterocycles. The van der Waals surface area contributed by atoms with Crippen molar-refractivity contribution in [2.24, 2.45) is 7.05 Å². The molecule has 2 aromatic carbocycles. The number of carbonyl (C=O) groups excluding carboxylic acids is 2. The Morgan fingerprint density at radius 3 is 2.56 bits per heavy atom. The van der Waals surface area contributed by atoms with Crippen LogP contribution in [0.2, 0.25) is 0 Å². The van der Waals surface area contributed by atoms with Crippen LogP contribution in [0.5, 0.6) is 0 Å². The number of rotatable bonds is 10. The molecule has 4 aliphatic rings. The Kier molecular flexibility index (Phi) is 11.0. The molecule has 59 heavy (non-hydrogen) atoms. The van der Waals surface area contributed by atoms with Gasteiger partial charge in [0.1, 0.15) is 17.7 Å². The molecule has 0 spiro atoms. The Hall–Kier alpha value is -5.65. The van der Waals surface area contributed by atoms with E-state index in [1.807, 2.05) is 11.0 Å². The van der Waals surface area contributed by atoms with Crippen LogP contribution in [0.1, 0.15) is 58.6 Å². The van der Waals surface area contributed by atoms with Crippen molar-refractivity contribution in [1.29, 1.82) is 0 Å². The number of aryl methyl sites for hydroxylation is 1. The van der Waals surface area contributed by atoms with Crippen LogP contribution in [0.15, 0.2) is 66.2 Å². The molecular formula is C42H44F4N8O5. The smallest absolute Gasteiger partial charge is 0.392 e. The highest BCUT2D eigenvalue weighted by Gasteiger charge is 2.48. The Morgan fingerprint density at radius 2 is 1.85 bits per heavy atom. The summed E-state index contributed by atoms with van der Waals surface area (Å²) in [6, 6.07) is 7.42. The SMILES string of the molecule is C=CC(=O)Nc1cc(Nc2nc(-c3ccnc(N4CCc5cc(C6CC6)cc(F)c5C4=O)c3CO)cn(C)c2=O)ccc1N1CCN(C2CCOCC2)CC1C(F)(F)F. The number of nitrogens with one attached hydrogen (secondary N) is 2. The molecule has 13 nitrogen and oxygen atoms in total. The van der Waals surface area contributed by atoms with E-state index in [9.17, 15) is 32.7 Å². The molecule has 0 bridgehead atoms. The van der Waals surface area contributed by atoms with Crippen LogP contribution in [-0.4, -0.2) is 94.0 Å². The van der Waals surface area contributed by atoms with Gasteiger partial charge in [-0.3, -0.25) is 24.2 Å². The third kappa shape index (κ3) is 8.06. The van der Waals surface area contributed by atoms with Gasteiger partial charge in [-0.25, -0.2) is 14.4 Å². The molecular weight excluding hydrogens is 773 g/mol. The lowest BCUT2D eigenvalue weighted by atomic mass is 9.94. The average molecular weight is 817 g/mol. The van der Waals surface area contributed by atoms with Crippen LogP contribution in [0.25, 0.3) is 11.3 Å². The van der Waals surface area contributed by atoms with Gasteiger partial charge >= 0.3 is 6.18 Å². The number of carbonyl (C=O) groups is 2. The van der Waals surface area contributed by atoms with E-state index in [0.717, 1.165) is 24.5 Å². The Labute approximate surface area is 337 Å². The summed E-state index contributed by atoms with van der Waals surface area (Å²) in [7, 11) is 1.50. The number of hydrogen-bond donors (Lipinski definition) is 3. The van der Waals surface area contributed by atoms with Gasteiger partial charge in [0.25, 0.3) is 11.5 Å². The molecule has 5 heterocycles. The van der Waals surface area contributed by atoms with Crippen LogP contribution in [0.4, 0.5) is 46.3 Å². The van der Waals surface area contributed by atoms with E-state index in [-0.39, 0.29) is 71.2 Å². The summed E-state index contributed by atoms with van der Waals surface area (Å²) in [6.45, 7) is 4.29. The van der Waals surface area contributed by atoms with Crippen LogP contribution >= 0.6 is 0 Å². The van der Waals surface area contributed by atoms with Crippen molar-refractivity contribution in [3.63, 3.8) is 0 Å². The maximum atomic E-state index is 15.4. The zero-order valence-electron chi connectivity index (χ0n) is 32.4. The third-order valence-corrected chi connectivity index (χ3v) is 11.6. The maximum absolute atomic E-state index is 15.4. The molecule has 4 aromatic rings. The lowest BCUT2D eigenvalue weighted by Crippen LogP contribution is -2.61. The van der Waals surface area contributed by atoms with E-state index in [0.29, 0.717) is 56.1 Å². The Bertz CT molecular complexity index is 2360. The van der Waals surface area contributed by atoms with Gasteiger partial charge in [-0.15, -0.1) is 0 Å². The number of halogens is 4. The number of anilines is 5. The predicted octanol–water partition coefficient (Wildman–Crippen LogP) is 5.65. The summed E-state index contributed by atoms with van der Waals surface area (Å²) in [5.74, 6) is -1.54. The van der Waals surface area contributed by atoms with Crippen molar-refractivity contribution in [1.82, 2.24) is 19.4 Å². The summed E-state index contributed by atoms with van der Waals surface area (Å²) in [5, 5.41) is 16.3. The number of piperazine rings is 1. The van der Waals surface area contributed by atoms with E-state index in [2.05, 4.69) is 27.2 Å². The van der Waals surface area contributed by atoms with Crippen molar-refractivity contribution in [3.05, 3.63) is 99.9 Å². The van der Waals surface area contributed by atoms with Crippen LogP contribution in [0.3, 0.4) is 0 Å². The fourth-order valence-corrected chi connectivity index (χ4v) is 8.41. The van der Waals surface area contributed by atoms with E-state index in [4.69, 9.17) is 4.74 Å². The van der Waals surface area contributed by atoms with Gasteiger partial charge in [0.2, 0.25) is 5.91 Å². The number of aromatic nitrogens is 3. The number of benzene rings is 2. The fraction of sp³-hybridized carbons (Fsp3) is 0.405. The number of nitrogens with zero attached hydrogens (tertiary/aromatic N) is 6. The average Bonchev–Trinajstić information content (AvgIpc) is 4.08. The highest BCUT2D eigenvalue weighted by Crippen LogP contribution is 2.43. The number of pyridine rings is 1. The number of amides is 2. The first-order valence-corrected chi connectivity index (χ1v) is 19.6. The minimum Gasteiger partial charge on any atom is -0.392 e. The second kappa shape index (κ2) is 16.2. The molecule has 1 saturated carbocycles. The van der Waals surface area contributed by atoms with Gasteiger partial charge in [0.15, 0.2) is 5.82 Å². The Morgan fingerprint density at radius 1 is 1.07 bits per heavy atom. The molecule has 310 valence electrons. The zero-order chi connectivity index (χ0) is 41.6. The number of aliphatic hydroxyl groups excluding tert-OH is 1. The number of ether oxygens (including phenoxy) is 1. The van der Waals surface area contributed by atoms with Gasteiger partial charge in [-0.05, 0) is 85.6 Å². The van der Waals surface area contributed by atoms with Crippen molar-refractivity contribution in [2.45, 2.75) is 62.9 Å². The van der Waals surface area contributed by atoms with Crippen LogP contribution in [0, 0.1) is 5.82 Å². The minimum absolute atomic E-state index is 0.0187. The molecule has 3 fully saturated rings. The normalized spacial score (nSPS) is 19.1. The number of aliphatic hydroxyl groups is 1. The molecule has 3 aliphatic heterocycles. The van der Waals surface area contributed by atoms with Crippen molar-refractivity contribution >= 4 is 40.5 Å². The van der Waals surface area contributed by atoms with E-state index >= 15 is 4.39 Å².